The molecule has 0 saturated heterocycles. The van der Waals surface area contributed by atoms with E-state index in [0.717, 1.165) is 60.6 Å². The number of aromatic nitrogens is 5. The summed E-state index contributed by atoms with van der Waals surface area (Å²) in [6, 6.07) is 81.4. The second kappa shape index (κ2) is 14.9. The molecule has 0 atom stereocenters. The van der Waals surface area contributed by atoms with Crippen LogP contribution in [0.15, 0.2) is 224 Å². The topological polar surface area (TPSA) is 48.5 Å². The number of hydrogen-bond acceptors (Lipinski definition) is 3. The van der Waals surface area contributed by atoms with Gasteiger partial charge in [0.25, 0.3) is 0 Å². The van der Waals surface area contributed by atoms with E-state index in [0.29, 0.717) is 17.6 Å². The number of hydrogen-bond donors (Lipinski definition) is 0. The summed E-state index contributed by atoms with van der Waals surface area (Å²) in [6.07, 6.45) is 0. The fourth-order valence-electron chi connectivity index (χ4n) is 12.1. The van der Waals surface area contributed by atoms with E-state index in [1.165, 1.54) is 65.5 Å². The van der Waals surface area contributed by atoms with Crippen LogP contribution in [0.3, 0.4) is 0 Å². The van der Waals surface area contributed by atoms with Crippen LogP contribution in [-0.2, 0) is 5.41 Å². The van der Waals surface area contributed by atoms with Crippen molar-refractivity contribution in [2.75, 3.05) is 0 Å². The number of rotatable bonds is 5. The molecule has 1 aliphatic rings. The van der Waals surface area contributed by atoms with Gasteiger partial charge in [0, 0.05) is 43.8 Å². The first kappa shape index (κ1) is 39.8. The van der Waals surface area contributed by atoms with E-state index in [4.69, 9.17) is 15.0 Å². The zero-order chi connectivity index (χ0) is 47.0. The van der Waals surface area contributed by atoms with E-state index in [-0.39, 0.29) is 5.41 Å². The SMILES string of the molecule is CC1(C)c2ccccc2-c2c(-c3nc(-c4ccccc4)nc(-n4c5ccccc5c5ccc6c7ccccc7n(-c7cccc(-c8ccc9c%10ccccc%10c%10ccccc%10c9c8)c7)c6c54)n3)cccc21. The fraction of sp³-hybridized carbons (Fsp3) is 0.0455. The molecule has 0 saturated carbocycles. The first-order valence-electron chi connectivity index (χ1n) is 24.4. The zero-order valence-corrected chi connectivity index (χ0v) is 39.1. The molecule has 0 aliphatic heterocycles. The predicted octanol–water partition coefficient (Wildman–Crippen LogP) is 16.8. The van der Waals surface area contributed by atoms with Crippen LogP contribution in [0.5, 0.6) is 0 Å². The van der Waals surface area contributed by atoms with E-state index >= 15 is 0 Å². The van der Waals surface area contributed by atoms with Crippen molar-refractivity contribution >= 4 is 75.9 Å². The summed E-state index contributed by atoms with van der Waals surface area (Å²) in [5, 5.41) is 12.2. The predicted molar refractivity (Wildman–Crippen MR) is 295 cm³/mol. The summed E-state index contributed by atoms with van der Waals surface area (Å²) in [6.45, 7) is 4.64. The normalized spacial score (nSPS) is 13.0. The highest BCUT2D eigenvalue weighted by atomic mass is 15.2. The summed E-state index contributed by atoms with van der Waals surface area (Å²) in [4.78, 5) is 16.4. The maximum Gasteiger partial charge on any atom is 0.238 e. The Morgan fingerprint density at radius 2 is 0.817 bits per heavy atom. The second-order valence-corrected chi connectivity index (χ2v) is 19.5. The Kier molecular flexibility index (Phi) is 8.35. The van der Waals surface area contributed by atoms with Gasteiger partial charge in [-0.05, 0) is 96.0 Å². The van der Waals surface area contributed by atoms with Gasteiger partial charge in [0.05, 0.1) is 22.1 Å². The van der Waals surface area contributed by atoms with E-state index < -0.39 is 0 Å². The fourth-order valence-corrected chi connectivity index (χ4v) is 12.1. The van der Waals surface area contributed by atoms with Gasteiger partial charge in [0.1, 0.15) is 0 Å². The molecule has 15 rings (SSSR count). The van der Waals surface area contributed by atoms with Crippen LogP contribution in [0.1, 0.15) is 25.0 Å². The lowest BCUT2D eigenvalue weighted by Gasteiger charge is -2.21. The molecule has 0 fully saturated rings. The number of para-hydroxylation sites is 2. The van der Waals surface area contributed by atoms with Crippen LogP contribution in [0.25, 0.3) is 133 Å². The average Bonchev–Trinajstić information content (AvgIpc) is 4.04. The van der Waals surface area contributed by atoms with Crippen LogP contribution in [0.2, 0.25) is 0 Å². The Bertz CT molecular complexity index is 4520. The zero-order valence-electron chi connectivity index (χ0n) is 39.1. The minimum absolute atomic E-state index is 0.180. The maximum atomic E-state index is 5.58. The summed E-state index contributed by atoms with van der Waals surface area (Å²) in [7, 11) is 0. The Balaban J connectivity index is 1.01. The number of benzene rings is 11. The molecule has 3 heterocycles. The third-order valence-corrected chi connectivity index (χ3v) is 15.4. The van der Waals surface area contributed by atoms with Gasteiger partial charge in [0.2, 0.25) is 5.95 Å². The minimum atomic E-state index is -0.180. The first-order valence-corrected chi connectivity index (χ1v) is 24.4. The Morgan fingerprint density at radius 1 is 0.324 bits per heavy atom. The lowest BCUT2D eigenvalue weighted by atomic mass is 9.82. The van der Waals surface area contributed by atoms with Crippen molar-refractivity contribution in [1.82, 2.24) is 24.1 Å². The lowest BCUT2D eigenvalue weighted by molar-refractivity contribution is 0.660. The molecule has 0 radical (unpaired) electrons. The maximum absolute atomic E-state index is 5.58. The highest BCUT2D eigenvalue weighted by Crippen LogP contribution is 2.52. The Morgan fingerprint density at radius 3 is 1.54 bits per heavy atom. The Hall–Kier alpha value is -9.19. The van der Waals surface area contributed by atoms with Crippen LogP contribution in [-0.4, -0.2) is 24.1 Å². The highest BCUT2D eigenvalue weighted by Gasteiger charge is 2.37. The highest BCUT2D eigenvalue weighted by molar-refractivity contribution is 6.26. The lowest BCUT2D eigenvalue weighted by Crippen LogP contribution is -2.14. The van der Waals surface area contributed by atoms with Gasteiger partial charge in [-0.1, -0.05) is 208 Å². The molecule has 5 nitrogen and oxygen atoms in total. The van der Waals surface area contributed by atoms with Gasteiger partial charge in [0.15, 0.2) is 11.6 Å². The molecule has 3 aromatic heterocycles. The van der Waals surface area contributed by atoms with Crippen molar-refractivity contribution in [3.63, 3.8) is 0 Å². The van der Waals surface area contributed by atoms with E-state index in [1.54, 1.807) is 0 Å². The van der Waals surface area contributed by atoms with Gasteiger partial charge in [-0.25, -0.2) is 4.98 Å². The van der Waals surface area contributed by atoms with Crippen LogP contribution < -0.4 is 0 Å². The van der Waals surface area contributed by atoms with Gasteiger partial charge < -0.3 is 4.57 Å². The minimum Gasteiger partial charge on any atom is -0.307 e. The van der Waals surface area contributed by atoms with Crippen molar-refractivity contribution in [3.8, 4) is 56.7 Å². The van der Waals surface area contributed by atoms with Crippen molar-refractivity contribution in [2.45, 2.75) is 19.3 Å². The van der Waals surface area contributed by atoms with E-state index in [1.807, 2.05) is 6.07 Å². The summed E-state index contributed by atoms with van der Waals surface area (Å²) >= 11 is 0. The smallest absolute Gasteiger partial charge is 0.238 e. The van der Waals surface area contributed by atoms with E-state index in [9.17, 15) is 0 Å². The van der Waals surface area contributed by atoms with Gasteiger partial charge in [-0.3, -0.25) is 4.57 Å². The summed E-state index contributed by atoms with van der Waals surface area (Å²) in [5.41, 5.74) is 14.4. The summed E-state index contributed by atoms with van der Waals surface area (Å²) < 4.78 is 4.75. The van der Waals surface area contributed by atoms with Crippen LogP contribution in [0, 0.1) is 0 Å². The van der Waals surface area contributed by atoms with Crippen LogP contribution >= 0.6 is 0 Å². The number of nitrogens with zero attached hydrogens (tertiary/aromatic N) is 5. The van der Waals surface area contributed by atoms with Crippen LogP contribution in [0.4, 0.5) is 0 Å². The van der Waals surface area contributed by atoms with Gasteiger partial charge in [-0.15, -0.1) is 0 Å². The van der Waals surface area contributed by atoms with Crippen molar-refractivity contribution < 1.29 is 0 Å². The molecule has 0 unspecified atom stereocenters. The van der Waals surface area contributed by atoms with Crippen molar-refractivity contribution in [1.29, 1.82) is 0 Å². The standard InChI is InChI=1S/C66H43N5/c1-66(2)56-30-13-10-28-53(56)60-54(29-17-31-57(60)66)64-67-63(40-18-4-3-5-19-40)68-65(69-64)71-59-33-15-12-27-50(59)52-37-36-51-49-26-11-14-32-58(49)70(61(51)62(52)71)43-21-16-20-41(38-43)42-34-35-48-46-24-7-6-22-44(46)45-23-8-9-25-47(45)55(48)39-42/h3-39H,1-2H3. The second-order valence-electron chi connectivity index (χ2n) is 19.5. The molecule has 0 N–H and O–H groups in total. The molecule has 11 aromatic carbocycles. The van der Waals surface area contributed by atoms with Crippen molar-refractivity contribution in [2.24, 2.45) is 0 Å². The molecule has 0 amide bonds. The molecule has 1 aliphatic carbocycles. The Labute approximate surface area is 409 Å². The third kappa shape index (κ3) is 5.72. The molecule has 332 valence electrons. The number of fused-ring (bicyclic) bond motifs is 16. The molecule has 0 spiro atoms. The molecule has 5 heteroatoms. The third-order valence-electron chi connectivity index (χ3n) is 15.4. The summed E-state index contributed by atoms with van der Waals surface area (Å²) in [5.74, 6) is 1.83. The van der Waals surface area contributed by atoms with Crippen molar-refractivity contribution in [3.05, 3.63) is 236 Å². The molecule has 71 heavy (non-hydrogen) atoms. The first-order chi connectivity index (χ1) is 35.0. The average molecular weight is 906 g/mol. The molecule has 14 aromatic rings. The quantitative estimate of drug-likeness (QED) is 0.162. The monoisotopic (exact) mass is 905 g/mol. The molecular weight excluding hydrogens is 863 g/mol. The van der Waals surface area contributed by atoms with Gasteiger partial charge in [-0.2, -0.15) is 9.97 Å². The van der Waals surface area contributed by atoms with Gasteiger partial charge >= 0.3 is 0 Å². The van der Waals surface area contributed by atoms with E-state index in [2.05, 4.69) is 241 Å². The largest absolute Gasteiger partial charge is 0.307 e. The molecular formula is C66H43N5. The molecule has 0 bridgehead atoms.